The van der Waals surface area contributed by atoms with Crippen LogP contribution in [0.5, 0.6) is 11.5 Å². The summed E-state index contributed by atoms with van der Waals surface area (Å²) >= 11 is 0. The molecule has 2 amide bonds. The van der Waals surface area contributed by atoms with Crippen LogP contribution in [0.2, 0.25) is 0 Å². The number of rotatable bonds is 4. The maximum Gasteiger partial charge on any atom is 0.258 e. The number of carbonyl (C=O) groups excluding carboxylic acids is 2. The summed E-state index contributed by atoms with van der Waals surface area (Å²) in [5.41, 5.74) is 6.53. The van der Waals surface area contributed by atoms with E-state index in [4.69, 9.17) is 19.7 Å². The van der Waals surface area contributed by atoms with Gasteiger partial charge in [0.05, 0.1) is 0 Å². The number of anilines is 1. The van der Waals surface area contributed by atoms with Gasteiger partial charge in [0.25, 0.3) is 11.8 Å². The molecule has 26 heavy (non-hydrogen) atoms. The van der Waals surface area contributed by atoms with E-state index >= 15 is 0 Å². The summed E-state index contributed by atoms with van der Waals surface area (Å²) in [5, 5.41) is 6.36. The Hall–Kier alpha value is -3.88. The van der Waals surface area contributed by atoms with Gasteiger partial charge in [0.15, 0.2) is 11.5 Å². The number of nitrogens with two attached hydrogens (primary N) is 1. The van der Waals surface area contributed by atoms with Crippen LogP contribution in [0.4, 0.5) is 5.88 Å². The van der Waals surface area contributed by atoms with E-state index in [0.717, 1.165) is 0 Å². The average molecular weight is 352 g/mol. The maximum atomic E-state index is 12.5. The molecule has 3 heterocycles. The topological polar surface area (TPSA) is 130 Å². The van der Waals surface area contributed by atoms with Crippen LogP contribution in [-0.4, -0.2) is 28.7 Å². The van der Waals surface area contributed by atoms with Crippen molar-refractivity contribution in [2.24, 2.45) is 5.73 Å². The minimum Gasteiger partial charge on any atom is -0.454 e. The highest BCUT2D eigenvalue weighted by atomic mass is 16.7. The van der Waals surface area contributed by atoms with Crippen LogP contribution >= 0.6 is 0 Å². The van der Waals surface area contributed by atoms with E-state index in [1.807, 2.05) is 0 Å². The lowest BCUT2D eigenvalue weighted by atomic mass is 10.1. The Morgan fingerprint density at radius 3 is 2.62 bits per heavy atom. The van der Waals surface area contributed by atoms with Gasteiger partial charge in [-0.2, -0.15) is 0 Å². The Morgan fingerprint density at radius 1 is 1.08 bits per heavy atom. The summed E-state index contributed by atoms with van der Waals surface area (Å²) in [6.07, 6.45) is 3.08. The molecule has 0 spiro atoms. The fourth-order valence-electron chi connectivity index (χ4n) is 2.52. The van der Waals surface area contributed by atoms with E-state index in [1.54, 1.807) is 36.7 Å². The van der Waals surface area contributed by atoms with Crippen LogP contribution in [0.15, 0.2) is 47.2 Å². The van der Waals surface area contributed by atoms with Crippen LogP contribution in [-0.2, 0) is 0 Å². The molecule has 0 radical (unpaired) electrons. The highest BCUT2D eigenvalue weighted by molar-refractivity contribution is 6.10. The molecule has 3 N–H and O–H groups in total. The van der Waals surface area contributed by atoms with Gasteiger partial charge in [0, 0.05) is 23.5 Å². The molecule has 4 rings (SSSR count). The lowest BCUT2D eigenvalue weighted by Crippen LogP contribution is -2.17. The van der Waals surface area contributed by atoms with Crippen molar-refractivity contribution in [1.82, 2.24) is 10.1 Å². The van der Waals surface area contributed by atoms with Crippen molar-refractivity contribution in [3.8, 4) is 22.8 Å². The van der Waals surface area contributed by atoms with Crippen LogP contribution < -0.4 is 20.5 Å². The first-order valence-electron chi connectivity index (χ1n) is 7.54. The first-order chi connectivity index (χ1) is 12.6. The van der Waals surface area contributed by atoms with E-state index < -0.39 is 11.8 Å². The number of amides is 2. The molecular weight excluding hydrogens is 340 g/mol. The van der Waals surface area contributed by atoms with Gasteiger partial charge >= 0.3 is 0 Å². The van der Waals surface area contributed by atoms with Gasteiger partial charge in [-0.15, -0.1) is 0 Å². The van der Waals surface area contributed by atoms with Gasteiger partial charge in [0.2, 0.25) is 12.7 Å². The standard InChI is InChI=1S/C17H12N4O5/c18-15(22)13-14(9-3-5-19-6-4-9)21-26-17(13)20-16(23)10-1-2-11-12(7-10)25-8-24-11/h1-7H,8H2,(H2,18,22)(H,20,23). The van der Waals surface area contributed by atoms with Crippen LogP contribution in [0.25, 0.3) is 11.3 Å². The molecule has 0 unspecified atom stereocenters. The van der Waals surface area contributed by atoms with Gasteiger partial charge in [-0.1, -0.05) is 5.16 Å². The second kappa shape index (κ2) is 6.20. The molecule has 3 aromatic rings. The van der Waals surface area contributed by atoms with Gasteiger partial charge in [-0.25, -0.2) is 0 Å². The zero-order valence-electron chi connectivity index (χ0n) is 13.3. The Balaban J connectivity index is 1.65. The molecule has 0 saturated carbocycles. The van der Waals surface area contributed by atoms with Gasteiger partial charge < -0.3 is 19.7 Å². The number of benzene rings is 1. The number of primary amides is 1. The van der Waals surface area contributed by atoms with E-state index in [1.165, 1.54) is 6.07 Å². The highest BCUT2D eigenvalue weighted by Gasteiger charge is 2.25. The van der Waals surface area contributed by atoms with E-state index in [0.29, 0.717) is 22.6 Å². The molecule has 1 aliphatic rings. The van der Waals surface area contributed by atoms with Crippen molar-refractivity contribution in [1.29, 1.82) is 0 Å². The van der Waals surface area contributed by atoms with Gasteiger partial charge in [0.1, 0.15) is 11.3 Å². The normalized spacial score (nSPS) is 12.0. The lowest BCUT2D eigenvalue weighted by Gasteiger charge is -2.04. The molecule has 0 aliphatic carbocycles. The van der Waals surface area contributed by atoms with Crippen LogP contribution in [0.1, 0.15) is 20.7 Å². The monoisotopic (exact) mass is 352 g/mol. The Kier molecular flexibility index (Phi) is 3.73. The largest absolute Gasteiger partial charge is 0.454 e. The molecule has 0 atom stereocenters. The van der Waals surface area contributed by atoms with Gasteiger partial charge in [-0.05, 0) is 30.3 Å². The maximum absolute atomic E-state index is 12.5. The summed E-state index contributed by atoms with van der Waals surface area (Å²) in [4.78, 5) is 28.2. The third-order valence-electron chi connectivity index (χ3n) is 3.75. The predicted octanol–water partition coefficient (Wildman–Crippen LogP) is 1.82. The second-order valence-corrected chi connectivity index (χ2v) is 5.36. The molecule has 0 saturated heterocycles. The van der Waals surface area contributed by atoms with Crippen molar-refractivity contribution < 1.29 is 23.6 Å². The summed E-state index contributed by atoms with van der Waals surface area (Å²) < 4.78 is 15.6. The third kappa shape index (κ3) is 2.71. The summed E-state index contributed by atoms with van der Waals surface area (Å²) in [5.74, 6) is -0.406. The van der Waals surface area contributed by atoms with Gasteiger partial charge in [-0.3, -0.25) is 19.9 Å². The first-order valence-corrected chi connectivity index (χ1v) is 7.54. The second-order valence-electron chi connectivity index (χ2n) is 5.36. The van der Waals surface area contributed by atoms with Crippen LogP contribution in [0, 0.1) is 0 Å². The van der Waals surface area contributed by atoms with E-state index in [2.05, 4.69) is 15.5 Å². The summed E-state index contributed by atoms with van der Waals surface area (Å²) in [7, 11) is 0. The fraction of sp³-hybridized carbons (Fsp3) is 0.0588. The number of pyridine rings is 1. The molecule has 9 nitrogen and oxygen atoms in total. The highest BCUT2D eigenvalue weighted by Crippen LogP contribution is 2.33. The molecule has 0 bridgehead atoms. The number of fused-ring (bicyclic) bond motifs is 1. The Bertz CT molecular complexity index is 1000. The summed E-state index contributed by atoms with van der Waals surface area (Å²) in [6, 6.07) is 8.01. The lowest BCUT2D eigenvalue weighted by molar-refractivity contribution is 0.100. The molecule has 1 aromatic carbocycles. The quantitative estimate of drug-likeness (QED) is 0.732. The third-order valence-corrected chi connectivity index (χ3v) is 3.75. The number of nitrogens with one attached hydrogen (secondary N) is 1. The molecule has 2 aromatic heterocycles. The summed E-state index contributed by atoms with van der Waals surface area (Å²) in [6.45, 7) is 0.101. The molecule has 1 aliphatic heterocycles. The minimum atomic E-state index is -0.779. The molecule has 0 fully saturated rings. The van der Waals surface area contributed by atoms with Crippen molar-refractivity contribution in [2.75, 3.05) is 12.1 Å². The number of hydrogen-bond donors (Lipinski definition) is 2. The molecule has 130 valence electrons. The number of carbonyl (C=O) groups is 2. The average Bonchev–Trinajstić information content (AvgIpc) is 3.28. The number of hydrogen-bond acceptors (Lipinski definition) is 7. The Labute approximate surface area is 146 Å². The van der Waals surface area contributed by atoms with Crippen LogP contribution in [0.3, 0.4) is 0 Å². The predicted molar refractivity (Wildman–Crippen MR) is 88.8 cm³/mol. The number of ether oxygens (including phenoxy) is 2. The zero-order valence-corrected chi connectivity index (χ0v) is 13.3. The smallest absolute Gasteiger partial charge is 0.258 e. The number of aromatic nitrogens is 2. The Morgan fingerprint density at radius 2 is 1.85 bits per heavy atom. The zero-order chi connectivity index (χ0) is 18.1. The van der Waals surface area contributed by atoms with E-state index in [9.17, 15) is 9.59 Å². The number of nitrogens with zero attached hydrogens (tertiary/aromatic N) is 2. The SMILES string of the molecule is NC(=O)c1c(-c2ccncc2)noc1NC(=O)c1ccc2c(c1)OCO2. The molecule has 9 heteroatoms. The first kappa shape index (κ1) is 15.6. The minimum absolute atomic E-state index is 0.0229. The van der Waals surface area contributed by atoms with Crippen molar-refractivity contribution in [3.63, 3.8) is 0 Å². The van der Waals surface area contributed by atoms with Crippen molar-refractivity contribution in [2.45, 2.75) is 0 Å². The van der Waals surface area contributed by atoms with Crippen molar-refractivity contribution >= 4 is 17.7 Å². The fourth-order valence-corrected chi connectivity index (χ4v) is 2.52. The van der Waals surface area contributed by atoms with E-state index in [-0.39, 0.29) is 23.9 Å². The van der Waals surface area contributed by atoms with Crippen molar-refractivity contribution in [3.05, 3.63) is 53.9 Å². The molecular formula is C17H12N4O5.